The second-order valence-electron chi connectivity index (χ2n) is 7.80. The molecule has 2 heteroatoms. The normalized spacial score (nSPS) is 26.6. The fourth-order valence-electron chi connectivity index (χ4n) is 3.41. The highest BCUT2D eigenvalue weighted by Crippen LogP contribution is 2.41. The molecule has 2 N–H and O–H groups in total. The molecule has 1 unspecified atom stereocenters. The van der Waals surface area contributed by atoms with Crippen LogP contribution in [0.5, 0.6) is 5.75 Å². The number of rotatable bonds is 2. The maximum atomic E-state index is 6.41. The summed E-state index contributed by atoms with van der Waals surface area (Å²) in [5.41, 5.74) is 9.30. The molecule has 0 radical (unpaired) electrons. The molecule has 1 heterocycles. The molecule has 3 rings (SSSR count). The van der Waals surface area contributed by atoms with Crippen LogP contribution in [0.3, 0.4) is 0 Å². The van der Waals surface area contributed by atoms with E-state index in [1.807, 2.05) is 0 Å². The van der Waals surface area contributed by atoms with Gasteiger partial charge < -0.3 is 10.5 Å². The van der Waals surface area contributed by atoms with Crippen molar-refractivity contribution in [1.29, 1.82) is 0 Å². The number of benzene rings is 1. The van der Waals surface area contributed by atoms with Gasteiger partial charge in [0.1, 0.15) is 11.9 Å². The first-order valence-electron chi connectivity index (χ1n) is 7.97. The third-order valence-corrected chi connectivity index (χ3v) is 4.65. The summed E-state index contributed by atoms with van der Waals surface area (Å²) in [5.74, 6) is 1.77. The van der Waals surface area contributed by atoms with E-state index in [1.165, 1.54) is 30.4 Å². The van der Waals surface area contributed by atoms with Crippen LogP contribution < -0.4 is 10.5 Å². The van der Waals surface area contributed by atoms with Crippen molar-refractivity contribution in [2.24, 2.45) is 17.1 Å². The monoisotopic (exact) mass is 273 g/mol. The summed E-state index contributed by atoms with van der Waals surface area (Å²) >= 11 is 0. The van der Waals surface area contributed by atoms with E-state index in [4.69, 9.17) is 10.5 Å². The maximum absolute atomic E-state index is 6.41. The number of hydrogen-bond donors (Lipinski definition) is 1. The smallest absolute Gasteiger partial charge is 0.124 e. The number of fused-ring (bicyclic) bond motifs is 1. The van der Waals surface area contributed by atoms with Gasteiger partial charge in [0.2, 0.25) is 0 Å². The second-order valence-corrected chi connectivity index (χ2v) is 7.80. The topological polar surface area (TPSA) is 35.2 Å². The van der Waals surface area contributed by atoms with Crippen molar-refractivity contribution in [2.75, 3.05) is 0 Å². The van der Waals surface area contributed by atoms with E-state index < -0.39 is 0 Å². The van der Waals surface area contributed by atoms with Crippen molar-refractivity contribution < 1.29 is 4.74 Å². The Morgan fingerprint density at radius 1 is 1.25 bits per heavy atom. The molecule has 1 aromatic carbocycles. The summed E-state index contributed by atoms with van der Waals surface area (Å²) < 4.78 is 6.21. The lowest BCUT2D eigenvalue weighted by molar-refractivity contribution is 0.0579. The fourth-order valence-corrected chi connectivity index (χ4v) is 3.41. The number of ether oxygens (including phenoxy) is 1. The molecule has 1 fully saturated rings. The molecule has 2 aliphatic rings. The molecule has 2 atom stereocenters. The molecule has 1 aliphatic carbocycles. The first-order valence-corrected chi connectivity index (χ1v) is 7.97. The van der Waals surface area contributed by atoms with Crippen LogP contribution in [0.25, 0.3) is 0 Å². The van der Waals surface area contributed by atoms with E-state index in [0.29, 0.717) is 11.5 Å². The van der Waals surface area contributed by atoms with E-state index >= 15 is 0 Å². The van der Waals surface area contributed by atoms with Crippen LogP contribution in [0.1, 0.15) is 63.6 Å². The minimum Gasteiger partial charge on any atom is -0.490 e. The molecular formula is C18H27NO. The van der Waals surface area contributed by atoms with Crippen molar-refractivity contribution in [2.45, 2.75) is 65.0 Å². The summed E-state index contributed by atoms with van der Waals surface area (Å²) in [6, 6.07) is 6.76. The third kappa shape index (κ3) is 2.85. The first kappa shape index (κ1) is 13.9. The Bertz CT molecular complexity index is 485. The Morgan fingerprint density at radius 2 is 2.00 bits per heavy atom. The van der Waals surface area contributed by atoms with Gasteiger partial charge in [-0.1, -0.05) is 39.3 Å². The van der Waals surface area contributed by atoms with Crippen molar-refractivity contribution in [1.82, 2.24) is 0 Å². The summed E-state index contributed by atoms with van der Waals surface area (Å²) in [4.78, 5) is 0. The van der Waals surface area contributed by atoms with Gasteiger partial charge in [0.15, 0.2) is 0 Å². The molecule has 110 valence electrons. The quantitative estimate of drug-likeness (QED) is 0.875. The fraction of sp³-hybridized carbons (Fsp3) is 0.667. The molecule has 20 heavy (non-hydrogen) atoms. The highest BCUT2D eigenvalue weighted by atomic mass is 16.5. The van der Waals surface area contributed by atoms with Crippen molar-refractivity contribution in [3.05, 3.63) is 29.3 Å². The van der Waals surface area contributed by atoms with E-state index in [2.05, 4.69) is 39.0 Å². The van der Waals surface area contributed by atoms with Crippen molar-refractivity contribution in [3.8, 4) is 5.75 Å². The number of hydrogen-bond acceptors (Lipinski definition) is 2. The third-order valence-electron chi connectivity index (χ3n) is 4.65. The predicted octanol–water partition coefficient (Wildman–Crippen LogP) is 4.23. The van der Waals surface area contributed by atoms with Gasteiger partial charge in [-0.05, 0) is 42.2 Å². The molecule has 1 aliphatic heterocycles. The van der Waals surface area contributed by atoms with Gasteiger partial charge in [-0.3, -0.25) is 0 Å². The highest BCUT2D eigenvalue weighted by molar-refractivity contribution is 5.41. The van der Waals surface area contributed by atoms with Gasteiger partial charge in [-0.15, -0.1) is 0 Å². The summed E-state index contributed by atoms with van der Waals surface area (Å²) in [6.45, 7) is 6.82. The lowest BCUT2D eigenvalue weighted by Crippen LogP contribution is -2.38. The summed E-state index contributed by atoms with van der Waals surface area (Å²) in [5, 5.41) is 0. The van der Waals surface area contributed by atoms with Gasteiger partial charge in [0.05, 0.1) is 0 Å². The molecule has 0 spiro atoms. The first-order chi connectivity index (χ1) is 9.42. The minimum absolute atomic E-state index is 0.143. The van der Waals surface area contributed by atoms with Crippen molar-refractivity contribution in [3.63, 3.8) is 0 Å². The van der Waals surface area contributed by atoms with E-state index in [1.54, 1.807) is 0 Å². The molecule has 1 saturated carbocycles. The van der Waals surface area contributed by atoms with E-state index in [9.17, 15) is 0 Å². The molecule has 0 aromatic heterocycles. The van der Waals surface area contributed by atoms with E-state index in [0.717, 1.165) is 24.5 Å². The Balaban J connectivity index is 1.80. The van der Waals surface area contributed by atoms with Gasteiger partial charge in [0, 0.05) is 18.0 Å². The van der Waals surface area contributed by atoms with Crippen LogP contribution in [0, 0.1) is 11.3 Å². The van der Waals surface area contributed by atoms with Gasteiger partial charge in [-0.25, -0.2) is 0 Å². The highest BCUT2D eigenvalue weighted by Gasteiger charge is 2.34. The van der Waals surface area contributed by atoms with Crippen LogP contribution in [0.4, 0.5) is 0 Å². The average molecular weight is 273 g/mol. The lowest BCUT2D eigenvalue weighted by Gasteiger charge is -2.39. The molecule has 0 amide bonds. The minimum atomic E-state index is 0.143. The SMILES string of the molecule is CC(C)(C)Cc1ccc2c(c1)[C@@H](N)CC(C1CCC1)O2. The molecule has 2 nitrogen and oxygen atoms in total. The van der Waals surface area contributed by atoms with Crippen molar-refractivity contribution >= 4 is 0 Å². The van der Waals surface area contributed by atoms with E-state index in [-0.39, 0.29) is 6.04 Å². The van der Waals surface area contributed by atoms with Crippen LogP contribution in [0.2, 0.25) is 0 Å². The zero-order valence-electron chi connectivity index (χ0n) is 13.0. The Morgan fingerprint density at radius 3 is 2.60 bits per heavy atom. The largest absolute Gasteiger partial charge is 0.490 e. The van der Waals surface area contributed by atoms with Crippen LogP contribution in [0.15, 0.2) is 18.2 Å². The zero-order chi connectivity index (χ0) is 14.3. The zero-order valence-corrected chi connectivity index (χ0v) is 13.0. The summed E-state index contributed by atoms with van der Waals surface area (Å²) in [6.07, 6.45) is 6.40. The maximum Gasteiger partial charge on any atom is 0.124 e. The van der Waals surface area contributed by atoms with Gasteiger partial charge in [0.25, 0.3) is 0 Å². The molecule has 1 aromatic rings. The molecular weight excluding hydrogens is 246 g/mol. The van der Waals surface area contributed by atoms with Gasteiger partial charge >= 0.3 is 0 Å². The standard InChI is InChI=1S/C18H27NO/c1-18(2,3)11-12-7-8-16-14(9-12)15(19)10-17(20-16)13-5-4-6-13/h7-9,13,15,17H,4-6,10-11,19H2,1-3H3/t15-,17?/m0/s1. The molecule has 0 bridgehead atoms. The van der Waals surface area contributed by atoms with Crippen LogP contribution in [-0.2, 0) is 6.42 Å². The van der Waals surface area contributed by atoms with Gasteiger partial charge in [-0.2, -0.15) is 0 Å². The predicted molar refractivity (Wildman–Crippen MR) is 82.9 cm³/mol. The second kappa shape index (κ2) is 5.07. The van der Waals surface area contributed by atoms with Crippen LogP contribution in [-0.4, -0.2) is 6.10 Å². The summed E-state index contributed by atoms with van der Waals surface area (Å²) in [7, 11) is 0. The van der Waals surface area contributed by atoms with Crippen LogP contribution >= 0.6 is 0 Å². The average Bonchev–Trinajstić information content (AvgIpc) is 2.25. The molecule has 0 saturated heterocycles. The lowest BCUT2D eigenvalue weighted by atomic mass is 9.77. The Kier molecular flexibility index (Phi) is 3.53. The number of nitrogens with two attached hydrogens (primary N) is 1. The Labute approximate surface area is 122 Å². The Hall–Kier alpha value is -1.02.